The molecule has 17 heavy (non-hydrogen) atoms. The molecule has 0 bridgehead atoms. The first-order chi connectivity index (χ1) is 8.11. The summed E-state index contributed by atoms with van der Waals surface area (Å²) in [5, 5.41) is 2.67. The van der Waals surface area contributed by atoms with Crippen molar-refractivity contribution in [2.75, 3.05) is 19.8 Å². The van der Waals surface area contributed by atoms with Gasteiger partial charge in [0.2, 0.25) is 5.91 Å². The number of carbonyl (C=O) groups is 2. The predicted molar refractivity (Wildman–Crippen MR) is 66.5 cm³/mol. The molecule has 2 amide bonds. The summed E-state index contributed by atoms with van der Waals surface area (Å²) in [6, 6.07) is 7.11. The van der Waals surface area contributed by atoms with Gasteiger partial charge in [0, 0.05) is 11.0 Å². The largest absolute Gasteiger partial charge is 0.370 e. The number of amides is 2. The van der Waals surface area contributed by atoms with E-state index in [0.717, 1.165) is 4.47 Å². The second kappa shape index (κ2) is 7.03. The van der Waals surface area contributed by atoms with Gasteiger partial charge in [-0.3, -0.25) is 9.59 Å². The highest BCUT2D eigenvalue weighted by Gasteiger charge is 2.07. The number of ether oxygens (including phenoxy) is 1. The molecule has 0 spiro atoms. The topological polar surface area (TPSA) is 81.4 Å². The van der Waals surface area contributed by atoms with Crippen LogP contribution in [0.4, 0.5) is 0 Å². The SMILES string of the molecule is NC(=O)COCCNC(=O)c1ccccc1Br. The van der Waals surface area contributed by atoms with E-state index < -0.39 is 5.91 Å². The van der Waals surface area contributed by atoms with Crippen molar-refractivity contribution >= 4 is 27.7 Å². The van der Waals surface area contributed by atoms with Gasteiger partial charge in [-0.05, 0) is 28.1 Å². The van der Waals surface area contributed by atoms with E-state index in [1.54, 1.807) is 18.2 Å². The Hall–Kier alpha value is -1.40. The number of nitrogens with one attached hydrogen (secondary N) is 1. The maximum atomic E-state index is 11.7. The third-order valence-electron chi connectivity index (χ3n) is 1.89. The molecule has 0 aliphatic rings. The molecule has 92 valence electrons. The molecule has 0 aliphatic carbocycles. The molecule has 0 saturated heterocycles. The van der Waals surface area contributed by atoms with Gasteiger partial charge < -0.3 is 15.8 Å². The zero-order chi connectivity index (χ0) is 12.7. The maximum absolute atomic E-state index is 11.7. The van der Waals surface area contributed by atoms with Gasteiger partial charge in [0.15, 0.2) is 0 Å². The molecule has 0 saturated carbocycles. The fourth-order valence-corrected chi connectivity index (χ4v) is 1.61. The molecule has 1 aromatic carbocycles. The Morgan fingerprint density at radius 3 is 2.71 bits per heavy atom. The number of primary amides is 1. The minimum absolute atomic E-state index is 0.134. The van der Waals surface area contributed by atoms with Crippen molar-refractivity contribution in [3.05, 3.63) is 34.3 Å². The molecule has 0 atom stereocenters. The number of hydrogen-bond donors (Lipinski definition) is 2. The first-order valence-corrected chi connectivity index (χ1v) is 5.79. The van der Waals surface area contributed by atoms with E-state index in [1.165, 1.54) is 0 Å². The summed E-state index contributed by atoms with van der Waals surface area (Å²) in [6.45, 7) is 0.442. The van der Waals surface area contributed by atoms with E-state index in [4.69, 9.17) is 10.5 Å². The first kappa shape index (κ1) is 13.7. The molecule has 1 aromatic rings. The number of carbonyl (C=O) groups excluding carboxylic acids is 2. The maximum Gasteiger partial charge on any atom is 0.252 e. The van der Waals surface area contributed by atoms with Gasteiger partial charge >= 0.3 is 0 Å². The van der Waals surface area contributed by atoms with Crippen LogP contribution in [0.25, 0.3) is 0 Å². The van der Waals surface area contributed by atoms with Gasteiger partial charge in [0.1, 0.15) is 6.61 Å². The highest BCUT2D eigenvalue weighted by atomic mass is 79.9. The summed E-state index contributed by atoms with van der Waals surface area (Å²) in [5.41, 5.74) is 5.45. The zero-order valence-electron chi connectivity index (χ0n) is 9.11. The van der Waals surface area contributed by atoms with Gasteiger partial charge in [0.25, 0.3) is 5.91 Å². The van der Waals surface area contributed by atoms with Crippen LogP contribution in [0, 0.1) is 0 Å². The minimum Gasteiger partial charge on any atom is -0.370 e. The van der Waals surface area contributed by atoms with Gasteiger partial charge in [-0.25, -0.2) is 0 Å². The standard InChI is InChI=1S/C11H13BrN2O3/c12-9-4-2-1-3-8(9)11(16)14-5-6-17-7-10(13)15/h1-4H,5-7H2,(H2,13,15)(H,14,16). The van der Waals surface area contributed by atoms with Crippen LogP contribution in [0.1, 0.15) is 10.4 Å². The van der Waals surface area contributed by atoms with Crippen molar-refractivity contribution in [1.29, 1.82) is 0 Å². The normalized spacial score (nSPS) is 9.94. The molecule has 1 rings (SSSR count). The first-order valence-electron chi connectivity index (χ1n) is 5.00. The van der Waals surface area contributed by atoms with E-state index in [1.807, 2.05) is 6.07 Å². The van der Waals surface area contributed by atoms with Gasteiger partial charge in [-0.1, -0.05) is 12.1 Å². The fraction of sp³-hybridized carbons (Fsp3) is 0.273. The van der Waals surface area contributed by atoms with Crippen LogP contribution in [-0.4, -0.2) is 31.6 Å². The van der Waals surface area contributed by atoms with Gasteiger partial charge in [-0.15, -0.1) is 0 Å². The Kier molecular flexibility index (Phi) is 5.65. The summed E-state index contributed by atoms with van der Waals surface area (Å²) < 4.78 is 5.64. The van der Waals surface area contributed by atoms with Crippen LogP contribution in [0.5, 0.6) is 0 Å². The molecule has 3 N–H and O–H groups in total. The van der Waals surface area contributed by atoms with Crippen molar-refractivity contribution in [3.8, 4) is 0 Å². The molecule has 6 heteroatoms. The summed E-state index contributed by atoms with van der Waals surface area (Å²) >= 11 is 3.29. The van der Waals surface area contributed by atoms with Crippen molar-refractivity contribution < 1.29 is 14.3 Å². The van der Waals surface area contributed by atoms with Crippen molar-refractivity contribution in [1.82, 2.24) is 5.32 Å². The Morgan fingerprint density at radius 1 is 1.35 bits per heavy atom. The predicted octanol–water partition coefficient (Wildman–Crippen LogP) is 0.681. The molecule has 0 aromatic heterocycles. The average Bonchev–Trinajstić information content (AvgIpc) is 2.28. The van der Waals surface area contributed by atoms with Crippen molar-refractivity contribution in [3.63, 3.8) is 0 Å². The molecular formula is C11H13BrN2O3. The molecule has 0 radical (unpaired) electrons. The quantitative estimate of drug-likeness (QED) is 0.758. The number of benzene rings is 1. The highest BCUT2D eigenvalue weighted by Crippen LogP contribution is 2.15. The Morgan fingerprint density at radius 2 is 2.06 bits per heavy atom. The van der Waals surface area contributed by atoms with Gasteiger partial charge in [-0.2, -0.15) is 0 Å². The lowest BCUT2D eigenvalue weighted by Gasteiger charge is -2.06. The number of halogens is 1. The summed E-state index contributed by atoms with van der Waals surface area (Å²) in [6.07, 6.45) is 0. The van der Waals surface area contributed by atoms with Crippen LogP contribution in [0.2, 0.25) is 0 Å². The molecule has 5 nitrogen and oxygen atoms in total. The lowest BCUT2D eigenvalue weighted by atomic mass is 10.2. The minimum atomic E-state index is -0.526. The van der Waals surface area contributed by atoms with Crippen LogP contribution in [0.15, 0.2) is 28.7 Å². The van der Waals surface area contributed by atoms with E-state index in [2.05, 4.69) is 21.2 Å². The summed E-state index contributed by atoms with van der Waals surface area (Å²) in [4.78, 5) is 22.0. The number of hydrogen-bond acceptors (Lipinski definition) is 3. The second-order valence-electron chi connectivity index (χ2n) is 3.25. The monoisotopic (exact) mass is 300 g/mol. The lowest BCUT2D eigenvalue weighted by Crippen LogP contribution is -2.29. The molecule has 0 fully saturated rings. The fourth-order valence-electron chi connectivity index (χ4n) is 1.15. The van der Waals surface area contributed by atoms with Crippen molar-refractivity contribution in [2.24, 2.45) is 5.73 Å². The van der Waals surface area contributed by atoms with Crippen LogP contribution >= 0.6 is 15.9 Å². The lowest BCUT2D eigenvalue weighted by molar-refractivity contribution is -0.122. The summed E-state index contributed by atoms with van der Waals surface area (Å²) in [5.74, 6) is -0.720. The van der Waals surface area contributed by atoms with E-state index in [9.17, 15) is 9.59 Å². The average molecular weight is 301 g/mol. The molecule has 0 heterocycles. The third kappa shape index (κ3) is 4.97. The second-order valence-corrected chi connectivity index (χ2v) is 4.11. The zero-order valence-corrected chi connectivity index (χ0v) is 10.7. The number of nitrogens with two attached hydrogens (primary N) is 1. The summed E-state index contributed by atoms with van der Waals surface area (Å²) in [7, 11) is 0. The molecule has 0 unspecified atom stereocenters. The van der Waals surface area contributed by atoms with E-state index >= 15 is 0 Å². The van der Waals surface area contributed by atoms with Crippen LogP contribution < -0.4 is 11.1 Å². The number of rotatable bonds is 6. The highest BCUT2D eigenvalue weighted by molar-refractivity contribution is 9.10. The Labute approximate surface area is 107 Å². The van der Waals surface area contributed by atoms with Crippen LogP contribution in [0.3, 0.4) is 0 Å². The third-order valence-corrected chi connectivity index (χ3v) is 2.59. The van der Waals surface area contributed by atoms with Gasteiger partial charge in [0.05, 0.1) is 12.2 Å². The van der Waals surface area contributed by atoms with E-state index in [-0.39, 0.29) is 19.1 Å². The van der Waals surface area contributed by atoms with Crippen molar-refractivity contribution in [2.45, 2.75) is 0 Å². The van der Waals surface area contributed by atoms with E-state index in [0.29, 0.717) is 12.1 Å². The Bertz CT molecular complexity index is 409. The Balaban J connectivity index is 2.31. The van der Waals surface area contributed by atoms with Crippen LogP contribution in [-0.2, 0) is 9.53 Å². The smallest absolute Gasteiger partial charge is 0.252 e. The molecular weight excluding hydrogens is 288 g/mol. The molecule has 0 aliphatic heterocycles.